The summed E-state index contributed by atoms with van der Waals surface area (Å²) in [4.78, 5) is 14.4. The summed E-state index contributed by atoms with van der Waals surface area (Å²) in [5.74, 6) is 1.46. The first-order chi connectivity index (χ1) is 12.0. The summed E-state index contributed by atoms with van der Waals surface area (Å²) in [5.41, 5.74) is -0.107. The van der Waals surface area contributed by atoms with Gasteiger partial charge in [0.05, 0.1) is 19.8 Å². The van der Waals surface area contributed by atoms with Crippen molar-refractivity contribution in [2.24, 2.45) is 0 Å². The van der Waals surface area contributed by atoms with E-state index in [4.69, 9.17) is 14.2 Å². The van der Waals surface area contributed by atoms with E-state index < -0.39 is 0 Å². The van der Waals surface area contributed by atoms with Crippen LogP contribution in [0.15, 0.2) is 24.3 Å². The SMILES string of the molecule is CC(C)(CNC(=O)NCC1COc2ccccc2O1)N1CCOCC1. The fourth-order valence-corrected chi connectivity index (χ4v) is 3.01. The fourth-order valence-electron chi connectivity index (χ4n) is 3.01. The molecule has 7 nitrogen and oxygen atoms in total. The Labute approximate surface area is 148 Å². The van der Waals surface area contributed by atoms with Crippen LogP contribution in [0.1, 0.15) is 13.8 Å². The van der Waals surface area contributed by atoms with Gasteiger partial charge in [-0.2, -0.15) is 0 Å². The molecule has 0 aliphatic carbocycles. The van der Waals surface area contributed by atoms with Crippen molar-refractivity contribution in [2.75, 3.05) is 46.0 Å². The Bertz CT molecular complexity index is 587. The van der Waals surface area contributed by atoms with Crippen molar-refractivity contribution in [2.45, 2.75) is 25.5 Å². The molecular formula is C18H27N3O4. The maximum atomic E-state index is 12.1. The highest BCUT2D eigenvalue weighted by Crippen LogP contribution is 2.30. The number of urea groups is 1. The van der Waals surface area contributed by atoms with Crippen LogP contribution < -0.4 is 20.1 Å². The quantitative estimate of drug-likeness (QED) is 0.837. The van der Waals surface area contributed by atoms with Crippen molar-refractivity contribution in [1.82, 2.24) is 15.5 Å². The molecule has 0 aromatic heterocycles. The predicted octanol–water partition coefficient (Wildman–Crippen LogP) is 1.24. The van der Waals surface area contributed by atoms with Crippen LogP contribution in [0.5, 0.6) is 11.5 Å². The molecule has 0 spiro atoms. The van der Waals surface area contributed by atoms with Gasteiger partial charge < -0.3 is 24.8 Å². The summed E-state index contributed by atoms with van der Waals surface area (Å²) in [5, 5.41) is 5.81. The number of nitrogens with one attached hydrogen (secondary N) is 2. The number of hydrogen-bond donors (Lipinski definition) is 2. The summed E-state index contributed by atoms with van der Waals surface area (Å²) in [6, 6.07) is 7.36. The third kappa shape index (κ3) is 4.76. The molecule has 25 heavy (non-hydrogen) atoms. The summed E-state index contributed by atoms with van der Waals surface area (Å²) >= 11 is 0. The van der Waals surface area contributed by atoms with Gasteiger partial charge in [0.25, 0.3) is 0 Å². The molecule has 7 heteroatoms. The molecule has 1 atom stereocenters. The zero-order valence-corrected chi connectivity index (χ0v) is 14.9. The lowest BCUT2D eigenvalue weighted by Gasteiger charge is -2.40. The standard InChI is InChI=1S/C18H27N3O4/c1-18(2,21-7-9-23-10-8-21)13-20-17(22)19-11-14-12-24-15-5-3-4-6-16(15)25-14/h3-6,14H,7-13H2,1-2H3,(H2,19,20,22). The van der Waals surface area contributed by atoms with E-state index in [-0.39, 0.29) is 17.7 Å². The van der Waals surface area contributed by atoms with E-state index in [2.05, 4.69) is 29.4 Å². The van der Waals surface area contributed by atoms with Crippen LogP contribution in [0.3, 0.4) is 0 Å². The van der Waals surface area contributed by atoms with Crippen molar-refractivity contribution < 1.29 is 19.0 Å². The highest BCUT2D eigenvalue weighted by atomic mass is 16.6. The van der Waals surface area contributed by atoms with Crippen LogP contribution in [0.2, 0.25) is 0 Å². The maximum absolute atomic E-state index is 12.1. The first-order valence-electron chi connectivity index (χ1n) is 8.77. The highest BCUT2D eigenvalue weighted by molar-refractivity contribution is 5.73. The van der Waals surface area contributed by atoms with Gasteiger partial charge >= 0.3 is 6.03 Å². The zero-order chi connectivity index (χ0) is 17.7. The second-order valence-electron chi connectivity index (χ2n) is 6.97. The largest absolute Gasteiger partial charge is 0.486 e. The second-order valence-corrected chi connectivity index (χ2v) is 6.97. The van der Waals surface area contributed by atoms with Gasteiger partial charge in [0.2, 0.25) is 0 Å². The molecule has 1 fully saturated rings. The van der Waals surface area contributed by atoms with Crippen molar-refractivity contribution in [3.8, 4) is 11.5 Å². The maximum Gasteiger partial charge on any atom is 0.314 e. The van der Waals surface area contributed by atoms with Crippen LogP contribution in [-0.4, -0.2) is 68.6 Å². The first kappa shape index (κ1) is 17.8. The van der Waals surface area contributed by atoms with Gasteiger partial charge in [-0.15, -0.1) is 0 Å². The lowest BCUT2D eigenvalue weighted by Crippen LogP contribution is -2.56. The second kappa shape index (κ2) is 7.93. The van der Waals surface area contributed by atoms with Crippen LogP contribution in [0.4, 0.5) is 4.79 Å². The molecule has 3 rings (SSSR count). The number of fused-ring (bicyclic) bond motifs is 1. The van der Waals surface area contributed by atoms with Crippen LogP contribution >= 0.6 is 0 Å². The van der Waals surface area contributed by atoms with E-state index in [1.54, 1.807) is 0 Å². The van der Waals surface area contributed by atoms with Crippen molar-refractivity contribution in [3.63, 3.8) is 0 Å². The van der Waals surface area contributed by atoms with Gasteiger partial charge in [0.15, 0.2) is 17.6 Å². The van der Waals surface area contributed by atoms with Gasteiger partial charge in [-0.05, 0) is 26.0 Å². The minimum absolute atomic E-state index is 0.107. The number of carbonyl (C=O) groups is 1. The molecule has 2 N–H and O–H groups in total. The van der Waals surface area contributed by atoms with Gasteiger partial charge in [-0.1, -0.05) is 12.1 Å². The van der Waals surface area contributed by atoms with Crippen LogP contribution in [0.25, 0.3) is 0 Å². The molecule has 0 bridgehead atoms. The van der Waals surface area contributed by atoms with Gasteiger partial charge in [0, 0.05) is 25.2 Å². The fraction of sp³-hybridized carbons (Fsp3) is 0.611. The van der Waals surface area contributed by atoms with E-state index in [1.807, 2.05) is 24.3 Å². The monoisotopic (exact) mass is 349 g/mol. The number of nitrogens with zero attached hydrogens (tertiary/aromatic N) is 1. The number of hydrogen-bond acceptors (Lipinski definition) is 5. The van der Waals surface area contributed by atoms with Crippen molar-refractivity contribution >= 4 is 6.03 Å². The lowest BCUT2D eigenvalue weighted by atomic mass is 10.0. The Kier molecular flexibility index (Phi) is 5.65. The number of ether oxygens (including phenoxy) is 3. The van der Waals surface area contributed by atoms with E-state index in [0.29, 0.717) is 19.7 Å². The number of morpholine rings is 1. The predicted molar refractivity (Wildman–Crippen MR) is 94.2 cm³/mol. The number of carbonyl (C=O) groups excluding carboxylic acids is 1. The first-order valence-corrected chi connectivity index (χ1v) is 8.77. The smallest absolute Gasteiger partial charge is 0.314 e. The number of rotatable bonds is 5. The van der Waals surface area contributed by atoms with Gasteiger partial charge in [-0.25, -0.2) is 4.79 Å². The minimum Gasteiger partial charge on any atom is -0.486 e. The molecule has 2 aliphatic rings. The molecule has 2 amide bonds. The third-order valence-corrected chi connectivity index (χ3v) is 4.61. The molecule has 1 aromatic carbocycles. The van der Waals surface area contributed by atoms with E-state index >= 15 is 0 Å². The number of benzene rings is 1. The Balaban J connectivity index is 1.40. The zero-order valence-electron chi connectivity index (χ0n) is 14.9. The molecule has 138 valence electrons. The van der Waals surface area contributed by atoms with Gasteiger partial charge in [0.1, 0.15) is 6.61 Å². The molecule has 1 unspecified atom stereocenters. The molecule has 2 heterocycles. The molecule has 0 saturated carbocycles. The summed E-state index contributed by atoms with van der Waals surface area (Å²) in [6.45, 7) is 8.94. The molecule has 0 radical (unpaired) electrons. The number of amides is 2. The van der Waals surface area contributed by atoms with Crippen molar-refractivity contribution in [3.05, 3.63) is 24.3 Å². The topological polar surface area (TPSA) is 72.1 Å². The minimum atomic E-state index is -0.191. The van der Waals surface area contributed by atoms with Gasteiger partial charge in [-0.3, -0.25) is 4.90 Å². The molecule has 1 aromatic rings. The van der Waals surface area contributed by atoms with Crippen LogP contribution in [-0.2, 0) is 4.74 Å². The Morgan fingerprint density at radius 1 is 1.20 bits per heavy atom. The third-order valence-electron chi connectivity index (χ3n) is 4.61. The average molecular weight is 349 g/mol. The molecular weight excluding hydrogens is 322 g/mol. The summed E-state index contributed by atoms with van der Waals surface area (Å²) in [7, 11) is 0. The Morgan fingerprint density at radius 3 is 2.68 bits per heavy atom. The average Bonchev–Trinajstić information content (AvgIpc) is 2.65. The Hall–Kier alpha value is -1.99. The molecule has 2 aliphatic heterocycles. The van der Waals surface area contributed by atoms with E-state index in [9.17, 15) is 4.79 Å². The van der Waals surface area contributed by atoms with Crippen LogP contribution in [0, 0.1) is 0 Å². The lowest BCUT2D eigenvalue weighted by molar-refractivity contribution is -0.00877. The summed E-state index contributed by atoms with van der Waals surface area (Å²) < 4.78 is 16.9. The normalized spacial score (nSPS) is 20.8. The van der Waals surface area contributed by atoms with E-state index in [0.717, 1.165) is 37.8 Å². The van der Waals surface area contributed by atoms with Crippen molar-refractivity contribution in [1.29, 1.82) is 0 Å². The highest BCUT2D eigenvalue weighted by Gasteiger charge is 2.28. The number of para-hydroxylation sites is 2. The summed E-state index contributed by atoms with van der Waals surface area (Å²) in [6.07, 6.45) is -0.187. The van der Waals surface area contributed by atoms with E-state index in [1.165, 1.54) is 0 Å². The Morgan fingerprint density at radius 2 is 1.92 bits per heavy atom. The molecule has 1 saturated heterocycles.